The zero-order valence-corrected chi connectivity index (χ0v) is 16.0. The van der Waals surface area contributed by atoms with Crippen LogP contribution < -0.4 is 4.74 Å². The standard InChI is InChI=1S/C18H21N3O5S/c1-13-19-10-7-17(20-13)26-15-8-11-21(12-9-15)27(23,24)16-5-3-14(4-6-16)18(22)25-2/h3-7,10,15H,8-9,11-12H2,1-2H3. The fraction of sp³-hybridized carbons (Fsp3) is 0.389. The van der Waals surface area contributed by atoms with Gasteiger partial charge in [0.15, 0.2) is 0 Å². The minimum absolute atomic E-state index is 0.0903. The van der Waals surface area contributed by atoms with Crippen molar-refractivity contribution in [2.45, 2.75) is 30.8 Å². The molecular formula is C18H21N3O5S. The second-order valence-corrected chi connectivity index (χ2v) is 8.12. The van der Waals surface area contributed by atoms with Crippen LogP contribution in [-0.2, 0) is 14.8 Å². The van der Waals surface area contributed by atoms with Gasteiger partial charge in [0.25, 0.3) is 0 Å². The van der Waals surface area contributed by atoms with E-state index in [1.54, 1.807) is 19.2 Å². The van der Waals surface area contributed by atoms with Crippen LogP contribution in [-0.4, -0.2) is 55.0 Å². The van der Waals surface area contributed by atoms with Crippen LogP contribution in [0.5, 0.6) is 5.88 Å². The molecule has 144 valence electrons. The topological polar surface area (TPSA) is 98.7 Å². The van der Waals surface area contributed by atoms with Crippen LogP contribution >= 0.6 is 0 Å². The van der Waals surface area contributed by atoms with Crippen molar-refractivity contribution in [3.8, 4) is 5.88 Å². The molecule has 27 heavy (non-hydrogen) atoms. The molecule has 2 heterocycles. The number of aromatic nitrogens is 2. The zero-order valence-electron chi connectivity index (χ0n) is 15.2. The highest BCUT2D eigenvalue weighted by Gasteiger charge is 2.30. The van der Waals surface area contributed by atoms with Crippen molar-refractivity contribution in [2.75, 3.05) is 20.2 Å². The highest BCUT2D eigenvalue weighted by molar-refractivity contribution is 7.89. The summed E-state index contributed by atoms with van der Waals surface area (Å²) >= 11 is 0. The van der Waals surface area contributed by atoms with Crippen LogP contribution in [0.4, 0.5) is 0 Å². The average molecular weight is 391 g/mol. The van der Waals surface area contributed by atoms with Crippen LogP contribution in [0.25, 0.3) is 0 Å². The molecule has 0 spiro atoms. The summed E-state index contributed by atoms with van der Waals surface area (Å²) in [5, 5.41) is 0. The van der Waals surface area contributed by atoms with Gasteiger partial charge in [0.05, 0.1) is 17.6 Å². The number of piperidine rings is 1. The van der Waals surface area contributed by atoms with Gasteiger partial charge >= 0.3 is 5.97 Å². The number of rotatable bonds is 5. The number of esters is 1. The molecule has 0 unspecified atom stereocenters. The first-order valence-corrected chi connectivity index (χ1v) is 9.99. The molecule has 3 rings (SSSR count). The lowest BCUT2D eigenvalue weighted by atomic mass is 10.1. The van der Waals surface area contributed by atoms with E-state index in [9.17, 15) is 13.2 Å². The number of benzene rings is 1. The maximum Gasteiger partial charge on any atom is 0.337 e. The minimum Gasteiger partial charge on any atom is -0.474 e. The Labute approximate surface area is 158 Å². The number of sulfonamides is 1. The fourth-order valence-corrected chi connectivity index (χ4v) is 4.36. The van der Waals surface area contributed by atoms with Gasteiger partial charge in [0, 0.05) is 25.4 Å². The van der Waals surface area contributed by atoms with Crippen LogP contribution in [0, 0.1) is 6.92 Å². The number of nitrogens with zero attached hydrogens (tertiary/aromatic N) is 3. The van der Waals surface area contributed by atoms with Gasteiger partial charge in [0.2, 0.25) is 15.9 Å². The third kappa shape index (κ3) is 4.42. The number of hydrogen-bond donors (Lipinski definition) is 0. The minimum atomic E-state index is -3.61. The van der Waals surface area contributed by atoms with Gasteiger partial charge in [-0.3, -0.25) is 0 Å². The number of ether oxygens (including phenoxy) is 2. The number of carbonyl (C=O) groups is 1. The molecule has 1 aliphatic heterocycles. The van der Waals surface area contributed by atoms with E-state index in [4.69, 9.17) is 4.74 Å². The van der Waals surface area contributed by atoms with Crippen LogP contribution in [0.1, 0.15) is 29.0 Å². The largest absolute Gasteiger partial charge is 0.474 e. The van der Waals surface area contributed by atoms with E-state index in [-0.39, 0.29) is 11.0 Å². The molecule has 2 aromatic rings. The summed E-state index contributed by atoms with van der Waals surface area (Å²) < 4.78 is 37.5. The van der Waals surface area contributed by atoms with E-state index in [0.717, 1.165) is 0 Å². The van der Waals surface area contributed by atoms with E-state index in [2.05, 4.69) is 14.7 Å². The molecule has 8 nitrogen and oxygen atoms in total. The van der Waals surface area contributed by atoms with Gasteiger partial charge in [0.1, 0.15) is 11.9 Å². The summed E-state index contributed by atoms with van der Waals surface area (Å²) in [6.45, 7) is 2.50. The molecule has 0 aliphatic carbocycles. The number of hydrogen-bond acceptors (Lipinski definition) is 7. The Morgan fingerprint density at radius 3 is 2.41 bits per heavy atom. The Kier molecular flexibility index (Phi) is 5.71. The Morgan fingerprint density at radius 1 is 1.15 bits per heavy atom. The van der Waals surface area contributed by atoms with Crippen molar-refractivity contribution in [3.05, 3.63) is 47.9 Å². The smallest absolute Gasteiger partial charge is 0.337 e. The summed E-state index contributed by atoms with van der Waals surface area (Å²) in [5.74, 6) is 0.627. The lowest BCUT2D eigenvalue weighted by Crippen LogP contribution is -2.41. The van der Waals surface area contributed by atoms with E-state index in [1.165, 1.54) is 35.7 Å². The van der Waals surface area contributed by atoms with E-state index in [0.29, 0.717) is 43.2 Å². The lowest BCUT2D eigenvalue weighted by molar-refractivity contribution is 0.0600. The fourth-order valence-electron chi connectivity index (χ4n) is 2.89. The van der Waals surface area contributed by atoms with Gasteiger partial charge in [-0.05, 0) is 44.0 Å². The van der Waals surface area contributed by atoms with Gasteiger partial charge in [-0.2, -0.15) is 9.29 Å². The third-order valence-electron chi connectivity index (χ3n) is 4.35. The second-order valence-electron chi connectivity index (χ2n) is 6.18. The van der Waals surface area contributed by atoms with Crippen molar-refractivity contribution in [3.63, 3.8) is 0 Å². The monoisotopic (exact) mass is 391 g/mol. The molecule has 0 N–H and O–H groups in total. The first-order valence-electron chi connectivity index (χ1n) is 8.55. The molecular weight excluding hydrogens is 370 g/mol. The van der Waals surface area contributed by atoms with Gasteiger partial charge in [-0.1, -0.05) is 0 Å². The van der Waals surface area contributed by atoms with E-state index in [1.807, 2.05) is 0 Å². The predicted molar refractivity (Wildman–Crippen MR) is 97.0 cm³/mol. The molecule has 1 fully saturated rings. The summed E-state index contributed by atoms with van der Waals surface area (Å²) in [7, 11) is -2.33. The second kappa shape index (κ2) is 8.01. The Morgan fingerprint density at radius 2 is 1.81 bits per heavy atom. The molecule has 9 heteroatoms. The lowest BCUT2D eigenvalue weighted by Gasteiger charge is -2.31. The van der Waals surface area contributed by atoms with E-state index >= 15 is 0 Å². The number of aryl methyl sites for hydroxylation is 1. The molecule has 0 amide bonds. The molecule has 1 aliphatic rings. The first-order chi connectivity index (χ1) is 12.9. The van der Waals surface area contributed by atoms with Crippen molar-refractivity contribution >= 4 is 16.0 Å². The average Bonchev–Trinajstić information content (AvgIpc) is 2.68. The van der Waals surface area contributed by atoms with Crippen molar-refractivity contribution < 1.29 is 22.7 Å². The number of methoxy groups -OCH3 is 1. The molecule has 1 aromatic heterocycles. The van der Waals surface area contributed by atoms with Gasteiger partial charge in [-0.15, -0.1) is 0 Å². The SMILES string of the molecule is COC(=O)c1ccc(S(=O)(=O)N2CCC(Oc3ccnc(C)n3)CC2)cc1. The maximum atomic E-state index is 12.8. The molecule has 0 saturated carbocycles. The quantitative estimate of drug-likeness (QED) is 0.717. The van der Waals surface area contributed by atoms with Gasteiger partial charge in [-0.25, -0.2) is 18.2 Å². The van der Waals surface area contributed by atoms with Crippen LogP contribution in [0.2, 0.25) is 0 Å². The number of carbonyl (C=O) groups excluding carboxylic acids is 1. The highest BCUT2D eigenvalue weighted by Crippen LogP contribution is 2.23. The van der Waals surface area contributed by atoms with Crippen LogP contribution in [0.15, 0.2) is 41.4 Å². The van der Waals surface area contributed by atoms with Crippen molar-refractivity contribution in [1.82, 2.24) is 14.3 Å². The summed E-state index contributed by atoms with van der Waals surface area (Å²) in [4.78, 5) is 19.9. The zero-order chi connectivity index (χ0) is 19.4. The maximum absolute atomic E-state index is 12.8. The summed E-state index contributed by atoms with van der Waals surface area (Å²) in [5.41, 5.74) is 0.309. The van der Waals surface area contributed by atoms with Crippen molar-refractivity contribution in [1.29, 1.82) is 0 Å². The summed E-state index contributed by atoms with van der Waals surface area (Å²) in [6, 6.07) is 7.44. The summed E-state index contributed by atoms with van der Waals surface area (Å²) in [6.07, 6.45) is 2.69. The normalized spacial score (nSPS) is 16.1. The van der Waals surface area contributed by atoms with Gasteiger partial charge < -0.3 is 9.47 Å². The predicted octanol–water partition coefficient (Wildman–Crippen LogP) is 1.80. The highest BCUT2D eigenvalue weighted by atomic mass is 32.2. The molecule has 1 aromatic carbocycles. The Balaban J connectivity index is 1.63. The molecule has 0 bridgehead atoms. The first kappa shape index (κ1) is 19.2. The molecule has 0 atom stereocenters. The van der Waals surface area contributed by atoms with Crippen LogP contribution in [0.3, 0.4) is 0 Å². The van der Waals surface area contributed by atoms with E-state index < -0.39 is 16.0 Å². The molecule has 1 saturated heterocycles. The third-order valence-corrected chi connectivity index (χ3v) is 6.26. The Bertz CT molecular complexity index is 907. The van der Waals surface area contributed by atoms with Crippen molar-refractivity contribution in [2.24, 2.45) is 0 Å². The molecule has 0 radical (unpaired) electrons. The Hall–Kier alpha value is -2.52.